The highest BCUT2D eigenvalue weighted by Gasteiger charge is 2.29. The molecule has 0 radical (unpaired) electrons. The van der Waals surface area contributed by atoms with Gasteiger partial charge >= 0.3 is 5.97 Å². The van der Waals surface area contributed by atoms with Gasteiger partial charge in [0.25, 0.3) is 0 Å². The van der Waals surface area contributed by atoms with Crippen molar-refractivity contribution in [2.75, 3.05) is 6.61 Å². The minimum absolute atomic E-state index is 0.0761. The van der Waals surface area contributed by atoms with Crippen LogP contribution in [-0.2, 0) is 9.53 Å². The summed E-state index contributed by atoms with van der Waals surface area (Å²) in [6, 6.07) is 1.90. The van der Waals surface area contributed by atoms with Gasteiger partial charge in [-0.05, 0) is 18.9 Å². The normalized spacial score (nSPS) is 23.5. The summed E-state index contributed by atoms with van der Waals surface area (Å²) < 4.78 is 11.1. The first-order valence-electron chi connectivity index (χ1n) is 6.03. The highest BCUT2D eigenvalue weighted by molar-refractivity contribution is 5.70. The van der Waals surface area contributed by atoms with Crippen molar-refractivity contribution in [1.29, 1.82) is 0 Å². The van der Waals surface area contributed by atoms with Gasteiger partial charge in [0.05, 0.1) is 18.3 Å². The van der Waals surface area contributed by atoms with Gasteiger partial charge in [0.2, 0.25) is 0 Å². The monoisotopic (exact) mass is 238 g/mol. The summed E-state index contributed by atoms with van der Waals surface area (Å²) in [5, 5.41) is 9.03. The van der Waals surface area contributed by atoms with E-state index in [1.807, 2.05) is 13.0 Å². The summed E-state index contributed by atoms with van der Waals surface area (Å²) in [5.74, 6) is -0.637. The minimum Gasteiger partial charge on any atom is -0.481 e. The fraction of sp³-hybridized carbons (Fsp3) is 0.615. The van der Waals surface area contributed by atoms with E-state index in [0.29, 0.717) is 0 Å². The van der Waals surface area contributed by atoms with Crippen molar-refractivity contribution in [2.45, 2.75) is 38.7 Å². The Hall–Kier alpha value is -1.29. The SMILES string of the molecule is CC(C(=O)O)C(C)c1occc1C1CCCO1. The van der Waals surface area contributed by atoms with Crippen molar-refractivity contribution in [3.8, 4) is 0 Å². The lowest BCUT2D eigenvalue weighted by Gasteiger charge is -2.17. The van der Waals surface area contributed by atoms with Crippen LogP contribution < -0.4 is 0 Å². The number of furan rings is 1. The molecule has 1 fully saturated rings. The molecule has 1 aliphatic heterocycles. The molecule has 0 saturated carbocycles. The van der Waals surface area contributed by atoms with Crippen LogP contribution >= 0.6 is 0 Å². The molecule has 0 spiro atoms. The molecule has 0 aromatic carbocycles. The number of aliphatic carboxylic acids is 1. The molecule has 2 heterocycles. The van der Waals surface area contributed by atoms with Gasteiger partial charge in [-0.3, -0.25) is 4.79 Å². The molecular formula is C13H18O4. The smallest absolute Gasteiger partial charge is 0.306 e. The van der Waals surface area contributed by atoms with E-state index in [0.717, 1.165) is 30.8 Å². The Morgan fingerprint density at radius 3 is 2.88 bits per heavy atom. The van der Waals surface area contributed by atoms with Crippen LogP contribution in [0.15, 0.2) is 16.7 Å². The fourth-order valence-electron chi connectivity index (χ4n) is 2.23. The number of carboxylic acids is 1. The lowest BCUT2D eigenvalue weighted by atomic mass is 9.90. The lowest BCUT2D eigenvalue weighted by Crippen LogP contribution is -2.17. The van der Waals surface area contributed by atoms with Gasteiger partial charge in [-0.1, -0.05) is 13.8 Å². The van der Waals surface area contributed by atoms with Crippen LogP contribution in [0.3, 0.4) is 0 Å². The van der Waals surface area contributed by atoms with E-state index in [9.17, 15) is 4.79 Å². The van der Waals surface area contributed by atoms with Crippen molar-refractivity contribution >= 4 is 5.97 Å². The number of rotatable bonds is 4. The third-order valence-electron chi connectivity index (χ3n) is 3.56. The summed E-state index contributed by atoms with van der Waals surface area (Å²) in [7, 11) is 0. The van der Waals surface area contributed by atoms with Crippen LogP contribution in [0.2, 0.25) is 0 Å². The Morgan fingerprint density at radius 1 is 1.53 bits per heavy atom. The van der Waals surface area contributed by atoms with E-state index in [2.05, 4.69) is 0 Å². The van der Waals surface area contributed by atoms with E-state index in [-0.39, 0.29) is 12.0 Å². The highest BCUT2D eigenvalue weighted by atomic mass is 16.5. The van der Waals surface area contributed by atoms with Gasteiger partial charge in [-0.2, -0.15) is 0 Å². The molecule has 4 nitrogen and oxygen atoms in total. The van der Waals surface area contributed by atoms with Crippen LogP contribution in [0.4, 0.5) is 0 Å². The number of hydrogen-bond acceptors (Lipinski definition) is 3. The quantitative estimate of drug-likeness (QED) is 0.876. The van der Waals surface area contributed by atoms with Gasteiger partial charge < -0.3 is 14.3 Å². The molecule has 0 aliphatic carbocycles. The minimum atomic E-state index is -0.799. The maximum atomic E-state index is 11.0. The Balaban J connectivity index is 2.20. The topological polar surface area (TPSA) is 59.7 Å². The fourth-order valence-corrected chi connectivity index (χ4v) is 2.23. The predicted octanol–water partition coefficient (Wildman–Crippen LogP) is 2.96. The number of hydrogen-bond donors (Lipinski definition) is 1. The molecule has 0 amide bonds. The third-order valence-corrected chi connectivity index (χ3v) is 3.56. The van der Waals surface area contributed by atoms with E-state index >= 15 is 0 Å². The summed E-state index contributed by atoms with van der Waals surface area (Å²) in [5.41, 5.74) is 1.02. The van der Waals surface area contributed by atoms with Gasteiger partial charge in [0.1, 0.15) is 5.76 Å². The van der Waals surface area contributed by atoms with Crippen molar-refractivity contribution < 1.29 is 19.1 Å². The highest BCUT2D eigenvalue weighted by Crippen LogP contribution is 2.36. The third kappa shape index (κ3) is 2.36. The predicted molar refractivity (Wildman–Crippen MR) is 61.8 cm³/mol. The van der Waals surface area contributed by atoms with Crippen molar-refractivity contribution in [3.05, 3.63) is 23.7 Å². The van der Waals surface area contributed by atoms with Crippen molar-refractivity contribution in [2.24, 2.45) is 5.92 Å². The zero-order chi connectivity index (χ0) is 12.4. The second kappa shape index (κ2) is 4.92. The average molecular weight is 238 g/mol. The summed E-state index contributed by atoms with van der Waals surface area (Å²) in [6.07, 6.45) is 3.74. The lowest BCUT2D eigenvalue weighted by molar-refractivity contribution is -0.141. The molecule has 1 aliphatic rings. The Kier molecular flexibility index (Phi) is 3.52. The average Bonchev–Trinajstić information content (AvgIpc) is 2.96. The Morgan fingerprint density at radius 2 is 2.29 bits per heavy atom. The molecule has 0 bridgehead atoms. The molecule has 1 aromatic rings. The molecule has 1 saturated heterocycles. The molecule has 17 heavy (non-hydrogen) atoms. The van der Waals surface area contributed by atoms with Gasteiger partial charge in [0.15, 0.2) is 0 Å². The van der Waals surface area contributed by atoms with Crippen LogP contribution in [0.25, 0.3) is 0 Å². The largest absolute Gasteiger partial charge is 0.481 e. The maximum Gasteiger partial charge on any atom is 0.306 e. The number of carbonyl (C=O) groups is 1. The van der Waals surface area contributed by atoms with Crippen LogP contribution in [0.1, 0.15) is 50.0 Å². The van der Waals surface area contributed by atoms with Crippen LogP contribution in [0, 0.1) is 5.92 Å². The van der Waals surface area contributed by atoms with E-state index in [4.69, 9.17) is 14.3 Å². The molecule has 1 N–H and O–H groups in total. The molecular weight excluding hydrogens is 220 g/mol. The standard InChI is InChI=1S/C13H18O4/c1-8(9(2)13(14)15)12-10(5-7-17-12)11-4-3-6-16-11/h5,7-9,11H,3-4,6H2,1-2H3,(H,14,15). The van der Waals surface area contributed by atoms with E-state index in [1.54, 1.807) is 13.2 Å². The summed E-state index contributed by atoms with van der Waals surface area (Å²) >= 11 is 0. The number of carboxylic acid groups (broad SMARTS) is 1. The first-order valence-corrected chi connectivity index (χ1v) is 6.03. The first-order chi connectivity index (χ1) is 8.11. The van der Waals surface area contributed by atoms with Crippen molar-refractivity contribution in [1.82, 2.24) is 0 Å². The molecule has 1 aromatic heterocycles. The van der Waals surface area contributed by atoms with Crippen LogP contribution in [-0.4, -0.2) is 17.7 Å². The van der Waals surface area contributed by atoms with E-state index < -0.39 is 11.9 Å². The zero-order valence-electron chi connectivity index (χ0n) is 10.2. The molecule has 2 rings (SSSR count). The van der Waals surface area contributed by atoms with E-state index in [1.165, 1.54) is 0 Å². The zero-order valence-corrected chi connectivity index (χ0v) is 10.2. The first kappa shape index (κ1) is 12.2. The molecule has 94 valence electrons. The maximum absolute atomic E-state index is 11.0. The Bertz CT molecular complexity index is 390. The summed E-state index contributed by atoms with van der Waals surface area (Å²) in [4.78, 5) is 11.0. The van der Waals surface area contributed by atoms with Gasteiger partial charge in [-0.15, -0.1) is 0 Å². The van der Waals surface area contributed by atoms with Gasteiger partial charge in [-0.25, -0.2) is 0 Å². The second-order valence-electron chi connectivity index (χ2n) is 4.66. The Labute approximate surface area is 101 Å². The molecule has 3 atom stereocenters. The number of ether oxygens (including phenoxy) is 1. The van der Waals surface area contributed by atoms with Gasteiger partial charge in [0, 0.05) is 18.1 Å². The van der Waals surface area contributed by atoms with Crippen LogP contribution in [0.5, 0.6) is 0 Å². The summed E-state index contributed by atoms with van der Waals surface area (Å²) in [6.45, 7) is 4.36. The van der Waals surface area contributed by atoms with Crippen molar-refractivity contribution in [3.63, 3.8) is 0 Å². The molecule has 3 unspecified atom stereocenters. The molecule has 4 heteroatoms. The second-order valence-corrected chi connectivity index (χ2v) is 4.66.